The second-order valence-electron chi connectivity index (χ2n) is 4.94. The Morgan fingerprint density at radius 1 is 1.53 bits per heavy atom. The van der Waals surface area contributed by atoms with Crippen LogP contribution in [0, 0.1) is 6.92 Å². The minimum Gasteiger partial charge on any atom is -0.347 e. The maximum atomic E-state index is 12.2. The lowest BCUT2D eigenvalue weighted by atomic mass is 9.74. The number of nitrogens with one attached hydrogen (secondary N) is 1. The zero-order valence-electron chi connectivity index (χ0n) is 10.8. The summed E-state index contributed by atoms with van der Waals surface area (Å²) in [6, 6.07) is 0. The van der Waals surface area contributed by atoms with Gasteiger partial charge in [-0.2, -0.15) is 0 Å². The zero-order chi connectivity index (χ0) is 14.3. The first-order valence-electron chi connectivity index (χ1n) is 6.14. The molecule has 1 aromatic rings. The van der Waals surface area contributed by atoms with Crippen molar-refractivity contribution in [1.29, 1.82) is 0 Å². The molecule has 7 heteroatoms. The summed E-state index contributed by atoms with van der Waals surface area (Å²) < 4.78 is 22.7. The van der Waals surface area contributed by atoms with Gasteiger partial charge < -0.3 is 5.32 Å². The van der Waals surface area contributed by atoms with Crippen LogP contribution in [0.3, 0.4) is 0 Å². The lowest BCUT2D eigenvalue weighted by Crippen LogP contribution is -2.53. The Kier molecular flexibility index (Phi) is 3.95. The molecule has 0 spiro atoms. The average Bonchev–Trinajstić information content (AvgIpc) is 2.65. The third-order valence-electron chi connectivity index (χ3n) is 3.83. The molecule has 1 aliphatic rings. The normalized spacial score (nSPS) is 17.8. The minimum atomic E-state index is -3.78. The Hall–Kier alpha value is -0.590. The first kappa shape index (κ1) is 14.8. The molecule has 0 saturated heterocycles. The maximum Gasteiger partial charge on any atom is 0.271 e. The number of halogens is 1. The van der Waals surface area contributed by atoms with Gasteiger partial charge in [0.05, 0.1) is 5.56 Å². The van der Waals surface area contributed by atoms with Gasteiger partial charge >= 0.3 is 0 Å². The van der Waals surface area contributed by atoms with Crippen molar-refractivity contribution in [2.24, 2.45) is 0 Å². The van der Waals surface area contributed by atoms with Crippen molar-refractivity contribution in [3.8, 4) is 0 Å². The molecule has 1 aliphatic carbocycles. The Labute approximate surface area is 121 Å². The Morgan fingerprint density at radius 3 is 2.53 bits per heavy atom. The van der Waals surface area contributed by atoms with Crippen LogP contribution in [0.1, 0.15) is 48.5 Å². The quantitative estimate of drug-likeness (QED) is 0.867. The molecule has 1 amide bonds. The summed E-state index contributed by atoms with van der Waals surface area (Å²) in [6.07, 6.45) is 3.98. The van der Waals surface area contributed by atoms with Crippen molar-refractivity contribution in [3.05, 3.63) is 16.5 Å². The SMILES string of the molecule is CCC1(NC(=O)c2csc(S(=O)(=O)Cl)c2C)CCC1. The molecule has 106 valence electrons. The van der Waals surface area contributed by atoms with E-state index in [4.69, 9.17) is 10.7 Å². The summed E-state index contributed by atoms with van der Waals surface area (Å²) in [5.41, 5.74) is 0.734. The molecule has 0 atom stereocenters. The Balaban J connectivity index is 2.23. The molecule has 1 fully saturated rings. The maximum absolute atomic E-state index is 12.2. The topological polar surface area (TPSA) is 63.2 Å². The van der Waals surface area contributed by atoms with Gasteiger partial charge in [0.1, 0.15) is 4.21 Å². The molecule has 0 aromatic carbocycles. The highest BCUT2D eigenvalue weighted by Gasteiger charge is 2.37. The largest absolute Gasteiger partial charge is 0.347 e. The van der Waals surface area contributed by atoms with Crippen LogP contribution >= 0.6 is 22.0 Å². The highest BCUT2D eigenvalue weighted by Crippen LogP contribution is 2.36. The number of hydrogen-bond donors (Lipinski definition) is 1. The number of carbonyl (C=O) groups excluding carboxylic acids is 1. The lowest BCUT2D eigenvalue weighted by Gasteiger charge is -2.42. The molecule has 4 nitrogen and oxygen atoms in total. The summed E-state index contributed by atoms with van der Waals surface area (Å²) in [6.45, 7) is 3.66. The van der Waals surface area contributed by atoms with E-state index in [9.17, 15) is 13.2 Å². The van der Waals surface area contributed by atoms with Crippen molar-refractivity contribution in [1.82, 2.24) is 5.32 Å². The average molecular weight is 322 g/mol. The Bertz CT molecular complexity index is 597. The predicted octanol–water partition coefficient (Wildman–Crippen LogP) is 3.05. The molecular formula is C12H16ClNO3S2. The van der Waals surface area contributed by atoms with Gasteiger partial charge in [-0.15, -0.1) is 11.3 Å². The molecule has 1 N–H and O–H groups in total. The van der Waals surface area contributed by atoms with Gasteiger partial charge in [0.25, 0.3) is 15.0 Å². The van der Waals surface area contributed by atoms with Crippen molar-refractivity contribution in [2.45, 2.75) is 49.3 Å². The van der Waals surface area contributed by atoms with E-state index in [1.54, 1.807) is 12.3 Å². The van der Waals surface area contributed by atoms with Crippen LogP contribution in [-0.4, -0.2) is 19.9 Å². The van der Waals surface area contributed by atoms with Crippen LogP contribution in [0.25, 0.3) is 0 Å². The molecular weight excluding hydrogens is 306 g/mol. The first-order chi connectivity index (χ1) is 8.79. The van der Waals surface area contributed by atoms with Crippen LogP contribution in [0.4, 0.5) is 0 Å². The summed E-state index contributed by atoms with van der Waals surface area (Å²) >= 11 is 0.990. The zero-order valence-corrected chi connectivity index (χ0v) is 13.2. The predicted molar refractivity (Wildman–Crippen MR) is 76.4 cm³/mol. The second kappa shape index (κ2) is 5.07. The molecule has 0 bridgehead atoms. The van der Waals surface area contributed by atoms with Crippen molar-refractivity contribution < 1.29 is 13.2 Å². The molecule has 0 aliphatic heterocycles. The number of thiophene rings is 1. The van der Waals surface area contributed by atoms with Gasteiger partial charge in [0, 0.05) is 21.6 Å². The van der Waals surface area contributed by atoms with Gasteiger partial charge in [0.15, 0.2) is 0 Å². The van der Waals surface area contributed by atoms with Crippen molar-refractivity contribution >= 4 is 37.0 Å². The second-order valence-corrected chi connectivity index (χ2v) is 8.58. The van der Waals surface area contributed by atoms with Gasteiger partial charge in [-0.25, -0.2) is 8.42 Å². The molecule has 1 aromatic heterocycles. The van der Waals surface area contributed by atoms with E-state index < -0.39 is 9.05 Å². The van der Waals surface area contributed by atoms with E-state index in [0.29, 0.717) is 11.1 Å². The number of hydrogen-bond acceptors (Lipinski definition) is 4. The fourth-order valence-corrected chi connectivity index (χ4v) is 4.89. The van der Waals surface area contributed by atoms with Crippen LogP contribution in [0.5, 0.6) is 0 Å². The smallest absolute Gasteiger partial charge is 0.271 e. The number of rotatable bonds is 4. The third kappa shape index (κ3) is 2.80. The Morgan fingerprint density at radius 2 is 2.16 bits per heavy atom. The molecule has 2 rings (SSSR count). The van der Waals surface area contributed by atoms with Gasteiger partial charge in [-0.3, -0.25) is 4.79 Å². The highest BCUT2D eigenvalue weighted by atomic mass is 35.7. The van der Waals surface area contributed by atoms with E-state index in [2.05, 4.69) is 12.2 Å². The van der Waals surface area contributed by atoms with E-state index in [0.717, 1.165) is 37.0 Å². The van der Waals surface area contributed by atoms with Gasteiger partial charge in [-0.05, 0) is 38.2 Å². The number of amides is 1. The van der Waals surface area contributed by atoms with Crippen molar-refractivity contribution in [3.63, 3.8) is 0 Å². The summed E-state index contributed by atoms with van der Waals surface area (Å²) in [5, 5.41) is 4.59. The third-order valence-corrected chi connectivity index (χ3v) is 7.13. The molecule has 0 radical (unpaired) electrons. The number of carbonyl (C=O) groups is 1. The molecule has 0 unspecified atom stereocenters. The van der Waals surface area contributed by atoms with E-state index >= 15 is 0 Å². The van der Waals surface area contributed by atoms with E-state index in [-0.39, 0.29) is 15.7 Å². The molecule has 19 heavy (non-hydrogen) atoms. The molecule has 1 heterocycles. The summed E-state index contributed by atoms with van der Waals surface area (Å²) in [5.74, 6) is -0.207. The van der Waals surface area contributed by atoms with Crippen LogP contribution < -0.4 is 5.32 Å². The van der Waals surface area contributed by atoms with Crippen molar-refractivity contribution in [2.75, 3.05) is 0 Å². The van der Waals surface area contributed by atoms with Crippen LogP contribution in [0.2, 0.25) is 0 Å². The fraction of sp³-hybridized carbons (Fsp3) is 0.583. The lowest BCUT2D eigenvalue weighted by molar-refractivity contribution is 0.0820. The first-order valence-corrected chi connectivity index (χ1v) is 9.33. The summed E-state index contributed by atoms with van der Waals surface area (Å²) in [7, 11) is 1.56. The fourth-order valence-electron chi connectivity index (χ4n) is 2.34. The standard InChI is InChI=1S/C12H16ClNO3S2/c1-3-12(5-4-6-12)14-10(15)9-7-18-11(8(9)2)19(13,16)17/h7H,3-6H2,1-2H3,(H,14,15). The van der Waals surface area contributed by atoms with E-state index in [1.807, 2.05) is 0 Å². The van der Waals surface area contributed by atoms with Crippen LogP contribution in [0.15, 0.2) is 9.59 Å². The van der Waals surface area contributed by atoms with Gasteiger partial charge in [-0.1, -0.05) is 6.92 Å². The monoisotopic (exact) mass is 321 g/mol. The van der Waals surface area contributed by atoms with Gasteiger partial charge in [0.2, 0.25) is 0 Å². The minimum absolute atomic E-state index is 0.0541. The molecule has 1 saturated carbocycles. The van der Waals surface area contributed by atoms with Crippen LogP contribution in [-0.2, 0) is 9.05 Å². The summed E-state index contributed by atoms with van der Waals surface area (Å²) in [4.78, 5) is 12.2. The van der Waals surface area contributed by atoms with E-state index in [1.165, 1.54) is 0 Å². The highest BCUT2D eigenvalue weighted by molar-refractivity contribution is 8.15.